The van der Waals surface area contributed by atoms with Crippen LogP contribution < -0.4 is 0 Å². The van der Waals surface area contributed by atoms with Crippen LogP contribution in [0, 0.1) is 11.7 Å². The van der Waals surface area contributed by atoms with Gasteiger partial charge in [0.2, 0.25) is 0 Å². The van der Waals surface area contributed by atoms with Gasteiger partial charge in [0.05, 0.1) is 5.56 Å². The molecule has 118 valence electrons. The Morgan fingerprint density at radius 2 is 1.90 bits per heavy atom. The summed E-state index contributed by atoms with van der Waals surface area (Å²) in [6.45, 7) is 9.87. The summed E-state index contributed by atoms with van der Waals surface area (Å²) in [6, 6.07) is 4.99. The molecule has 0 bridgehead atoms. The third kappa shape index (κ3) is 4.81. The van der Waals surface area contributed by atoms with Crippen LogP contribution in [0.1, 0.15) is 56.5 Å². The lowest BCUT2D eigenvalue weighted by molar-refractivity contribution is 0.0691. The Morgan fingerprint density at radius 1 is 1.29 bits per heavy atom. The topological polar surface area (TPSA) is 40.5 Å². The summed E-state index contributed by atoms with van der Waals surface area (Å²) >= 11 is 0. The highest BCUT2D eigenvalue weighted by atomic mass is 19.1. The molecule has 1 aromatic rings. The molecule has 0 heterocycles. The summed E-state index contributed by atoms with van der Waals surface area (Å²) in [4.78, 5) is 13.3. The molecule has 1 rings (SSSR count). The molecule has 0 aromatic heterocycles. The van der Waals surface area contributed by atoms with Gasteiger partial charge < -0.3 is 5.11 Å². The van der Waals surface area contributed by atoms with Crippen molar-refractivity contribution in [1.29, 1.82) is 0 Å². The number of halogens is 1. The number of aromatic carboxylic acids is 1. The molecule has 3 nitrogen and oxygen atoms in total. The van der Waals surface area contributed by atoms with E-state index in [4.69, 9.17) is 5.11 Å². The molecule has 0 atom stereocenters. The quantitative estimate of drug-likeness (QED) is 0.782. The van der Waals surface area contributed by atoms with Gasteiger partial charge in [-0.25, -0.2) is 9.18 Å². The van der Waals surface area contributed by atoms with E-state index in [1.807, 2.05) is 0 Å². The van der Waals surface area contributed by atoms with Gasteiger partial charge in [0.1, 0.15) is 5.82 Å². The zero-order valence-electron chi connectivity index (χ0n) is 13.4. The molecule has 0 radical (unpaired) electrons. The number of carboxylic acid groups (broad SMARTS) is 1. The van der Waals surface area contributed by atoms with Gasteiger partial charge in [-0.05, 0) is 24.8 Å². The van der Waals surface area contributed by atoms with Gasteiger partial charge in [0.15, 0.2) is 0 Å². The third-order valence-corrected chi connectivity index (χ3v) is 3.74. The number of rotatable bonds is 8. The summed E-state index contributed by atoms with van der Waals surface area (Å²) in [5, 5.41) is 9.02. The molecule has 1 N–H and O–H groups in total. The van der Waals surface area contributed by atoms with Crippen molar-refractivity contribution in [2.24, 2.45) is 5.92 Å². The normalized spacial score (nSPS) is 11.6. The molecule has 0 amide bonds. The van der Waals surface area contributed by atoms with Gasteiger partial charge in [0, 0.05) is 24.7 Å². The average Bonchev–Trinajstić information content (AvgIpc) is 2.41. The van der Waals surface area contributed by atoms with Crippen LogP contribution in [0.25, 0.3) is 0 Å². The van der Waals surface area contributed by atoms with Crippen molar-refractivity contribution in [2.75, 3.05) is 6.54 Å². The SMILES string of the molecule is CCC(CC)N(Cc1cccc(C(=O)O)c1F)CC(C)C. The number of hydrogen-bond donors (Lipinski definition) is 1. The number of carboxylic acids is 1. The minimum absolute atomic E-state index is 0.249. The summed E-state index contributed by atoms with van der Waals surface area (Å²) < 4.78 is 14.3. The maximum Gasteiger partial charge on any atom is 0.338 e. The average molecular weight is 295 g/mol. The molecule has 0 fully saturated rings. The van der Waals surface area contributed by atoms with Crippen LogP contribution in [0.2, 0.25) is 0 Å². The van der Waals surface area contributed by atoms with Gasteiger partial charge in [-0.1, -0.05) is 39.8 Å². The van der Waals surface area contributed by atoms with Gasteiger partial charge in [0.25, 0.3) is 0 Å². The van der Waals surface area contributed by atoms with Crippen LogP contribution in [0.5, 0.6) is 0 Å². The van der Waals surface area contributed by atoms with Crippen LogP contribution >= 0.6 is 0 Å². The van der Waals surface area contributed by atoms with E-state index in [1.54, 1.807) is 12.1 Å². The Balaban J connectivity index is 3.03. The number of benzene rings is 1. The highest BCUT2D eigenvalue weighted by molar-refractivity contribution is 5.88. The van der Waals surface area contributed by atoms with Crippen LogP contribution in [-0.2, 0) is 6.54 Å². The summed E-state index contributed by atoms with van der Waals surface area (Å²) in [6.07, 6.45) is 2.01. The maximum atomic E-state index is 14.3. The Morgan fingerprint density at radius 3 is 2.38 bits per heavy atom. The van der Waals surface area contributed by atoms with E-state index >= 15 is 0 Å². The Hall–Kier alpha value is -1.42. The van der Waals surface area contributed by atoms with Crippen molar-refractivity contribution >= 4 is 5.97 Å². The molecule has 4 heteroatoms. The molecular weight excluding hydrogens is 269 g/mol. The van der Waals surface area contributed by atoms with Crippen LogP contribution in [-0.4, -0.2) is 28.6 Å². The summed E-state index contributed by atoms with van der Waals surface area (Å²) in [7, 11) is 0. The minimum Gasteiger partial charge on any atom is -0.478 e. The molecule has 0 spiro atoms. The van der Waals surface area contributed by atoms with Crippen molar-refractivity contribution in [3.63, 3.8) is 0 Å². The Labute approximate surface area is 126 Å². The number of hydrogen-bond acceptors (Lipinski definition) is 2. The summed E-state index contributed by atoms with van der Waals surface area (Å²) in [5.41, 5.74) is 0.212. The Kier molecular flexibility index (Phi) is 6.82. The monoisotopic (exact) mass is 295 g/mol. The van der Waals surface area contributed by atoms with Crippen LogP contribution in [0.15, 0.2) is 18.2 Å². The van der Waals surface area contributed by atoms with E-state index in [0.717, 1.165) is 19.4 Å². The van der Waals surface area contributed by atoms with Gasteiger partial charge >= 0.3 is 5.97 Å². The lowest BCUT2D eigenvalue weighted by Gasteiger charge is -2.32. The number of nitrogens with zero attached hydrogens (tertiary/aromatic N) is 1. The zero-order valence-corrected chi connectivity index (χ0v) is 13.4. The molecule has 1 aromatic carbocycles. The van der Waals surface area contributed by atoms with Gasteiger partial charge in [-0.15, -0.1) is 0 Å². The molecule has 21 heavy (non-hydrogen) atoms. The van der Waals surface area contributed by atoms with Crippen LogP contribution in [0.3, 0.4) is 0 Å². The van der Waals surface area contributed by atoms with E-state index in [1.165, 1.54) is 6.07 Å². The van der Waals surface area contributed by atoms with E-state index in [9.17, 15) is 9.18 Å². The third-order valence-electron chi connectivity index (χ3n) is 3.74. The van der Waals surface area contributed by atoms with Crippen molar-refractivity contribution in [3.8, 4) is 0 Å². The second-order valence-electron chi connectivity index (χ2n) is 5.88. The summed E-state index contributed by atoms with van der Waals surface area (Å²) in [5.74, 6) is -1.34. The van der Waals surface area contributed by atoms with Crippen molar-refractivity contribution in [3.05, 3.63) is 35.1 Å². The molecule has 0 saturated heterocycles. The smallest absolute Gasteiger partial charge is 0.338 e. The first-order valence-corrected chi connectivity index (χ1v) is 7.65. The Bertz CT molecular complexity index is 470. The minimum atomic E-state index is -1.22. The lowest BCUT2D eigenvalue weighted by atomic mass is 10.0. The highest BCUT2D eigenvalue weighted by Gasteiger charge is 2.20. The largest absolute Gasteiger partial charge is 0.478 e. The predicted octanol–water partition coefficient (Wildman–Crippen LogP) is 4.17. The lowest BCUT2D eigenvalue weighted by Crippen LogP contribution is -2.37. The van der Waals surface area contributed by atoms with Crippen molar-refractivity contribution in [2.45, 2.75) is 53.1 Å². The van der Waals surface area contributed by atoms with E-state index in [0.29, 0.717) is 24.1 Å². The second-order valence-corrected chi connectivity index (χ2v) is 5.88. The maximum absolute atomic E-state index is 14.3. The fourth-order valence-corrected chi connectivity index (χ4v) is 2.70. The number of carbonyl (C=O) groups is 1. The van der Waals surface area contributed by atoms with Crippen LogP contribution in [0.4, 0.5) is 4.39 Å². The first kappa shape index (κ1) is 17.6. The van der Waals surface area contributed by atoms with E-state index in [-0.39, 0.29) is 5.56 Å². The van der Waals surface area contributed by atoms with Gasteiger partial charge in [-0.3, -0.25) is 4.90 Å². The molecular formula is C17H26FNO2. The highest BCUT2D eigenvalue weighted by Crippen LogP contribution is 2.19. The standard InChI is InChI=1S/C17H26FNO2/c1-5-14(6-2)19(10-12(3)4)11-13-8-7-9-15(16(13)18)17(20)21/h7-9,12,14H,5-6,10-11H2,1-4H3,(H,20,21). The molecule has 0 saturated carbocycles. The molecule has 0 aliphatic heterocycles. The fourth-order valence-electron chi connectivity index (χ4n) is 2.70. The van der Waals surface area contributed by atoms with E-state index in [2.05, 4.69) is 32.6 Å². The molecule has 0 unspecified atom stereocenters. The zero-order chi connectivity index (χ0) is 16.0. The first-order valence-electron chi connectivity index (χ1n) is 7.65. The molecule has 0 aliphatic carbocycles. The first-order chi connectivity index (χ1) is 9.90. The fraction of sp³-hybridized carbons (Fsp3) is 0.588. The second kappa shape index (κ2) is 8.13. The van der Waals surface area contributed by atoms with Gasteiger partial charge in [-0.2, -0.15) is 0 Å². The van der Waals surface area contributed by atoms with E-state index < -0.39 is 11.8 Å². The predicted molar refractivity (Wildman–Crippen MR) is 83.0 cm³/mol. The molecule has 0 aliphatic rings. The van der Waals surface area contributed by atoms with Crippen molar-refractivity contribution in [1.82, 2.24) is 4.90 Å². The van der Waals surface area contributed by atoms with Crippen molar-refractivity contribution < 1.29 is 14.3 Å².